The summed E-state index contributed by atoms with van der Waals surface area (Å²) in [6, 6.07) is 19.2. The van der Waals surface area contributed by atoms with E-state index in [4.69, 9.17) is 4.42 Å². The van der Waals surface area contributed by atoms with Crippen molar-refractivity contribution in [3.05, 3.63) is 101 Å². The molecule has 1 heterocycles. The van der Waals surface area contributed by atoms with Gasteiger partial charge in [-0.15, -0.1) is 0 Å². The highest BCUT2D eigenvalue weighted by Crippen LogP contribution is 2.25. The molecule has 0 fully saturated rings. The molecule has 1 atom stereocenters. The summed E-state index contributed by atoms with van der Waals surface area (Å²) in [7, 11) is 0. The van der Waals surface area contributed by atoms with Crippen LogP contribution in [0.25, 0.3) is 11.1 Å². The normalized spacial score (nSPS) is 12.2. The van der Waals surface area contributed by atoms with Gasteiger partial charge in [-0.2, -0.15) is 0 Å². The summed E-state index contributed by atoms with van der Waals surface area (Å²) in [5.41, 5.74) is 2.85. The first kappa shape index (κ1) is 18.0. The van der Waals surface area contributed by atoms with Gasteiger partial charge in [-0.1, -0.05) is 36.4 Å². The second-order valence-electron chi connectivity index (χ2n) is 6.65. The number of nitrogens with zero attached hydrogens (tertiary/aromatic N) is 1. The summed E-state index contributed by atoms with van der Waals surface area (Å²) in [5.74, 6) is -0.962. The number of hydrogen-bond donors (Lipinski definition) is 0. The van der Waals surface area contributed by atoms with Crippen LogP contribution in [0.15, 0.2) is 77.2 Å². The molecule has 140 valence electrons. The van der Waals surface area contributed by atoms with E-state index in [0.717, 1.165) is 5.56 Å². The second kappa shape index (κ2) is 7.72. The number of hydrogen-bond acceptors (Lipinski definition) is 3. The van der Waals surface area contributed by atoms with Crippen LogP contribution >= 0.6 is 0 Å². The molecule has 3 nitrogen and oxygen atoms in total. The Hall–Kier alpha value is -3.34. The van der Waals surface area contributed by atoms with Crippen LogP contribution in [0.5, 0.6) is 0 Å². The lowest BCUT2D eigenvalue weighted by atomic mass is 9.87. The number of carbonyl (C=O) groups excluding carboxylic acids is 1. The molecule has 0 saturated heterocycles. The first-order valence-corrected chi connectivity index (χ1v) is 8.95. The maximum absolute atomic E-state index is 13.3. The molecule has 0 saturated carbocycles. The molecule has 0 N–H and O–H groups in total. The number of Topliss-reactive ketones (excluding diaryl/α,β-unsaturated/α-hetero) is 1. The van der Waals surface area contributed by atoms with Crippen LogP contribution in [0, 0.1) is 11.6 Å². The summed E-state index contributed by atoms with van der Waals surface area (Å²) >= 11 is 0. The number of fused-ring (bicyclic) bond motifs is 1. The van der Waals surface area contributed by atoms with Gasteiger partial charge in [0.1, 0.15) is 22.9 Å². The molecular formula is C23H17F2NO2. The number of oxazole rings is 1. The minimum Gasteiger partial charge on any atom is -0.440 e. The summed E-state index contributed by atoms with van der Waals surface area (Å²) in [4.78, 5) is 17.4. The van der Waals surface area contributed by atoms with Gasteiger partial charge in [0.25, 0.3) is 0 Å². The van der Waals surface area contributed by atoms with Crippen LogP contribution in [-0.4, -0.2) is 10.8 Å². The summed E-state index contributed by atoms with van der Waals surface area (Å²) in [6.45, 7) is 0. The molecule has 1 aromatic heterocycles. The number of rotatable bonds is 6. The number of halogens is 2. The monoisotopic (exact) mass is 377 g/mol. The third-order valence-electron chi connectivity index (χ3n) is 4.68. The van der Waals surface area contributed by atoms with Crippen molar-refractivity contribution >= 4 is 16.9 Å². The van der Waals surface area contributed by atoms with Crippen LogP contribution < -0.4 is 0 Å². The standard InChI is InChI=1S/C23H17F2NO2/c24-17-9-5-15(6-10-17)13-19(16-7-11-18(25)12-8-16)21(27)14-23-26-20-3-1-2-4-22(20)28-23/h1-12,19H,13-14H2. The molecule has 0 amide bonds. The molecule has 1 unspecified atom stereocenters. The number of carbonyl (C=O) groups is 1. The van der Waals surface area contributed by atoms with Crippen molar-refractivity contribution in [3.8, 4) is 0 Å². The molecule has 4 rings (SSSR count). The molecular weight excluding hydrogens is 360 g/mol. The molecule has 5 heteroatoms. The molecule has 0 aliphatic carbocycles. The highest BCUT2D eigenvalue weighted by atomic mass is 19.1. The quantitative estimate of drug-likeness (QED) is 0.461. The minimum atomic E-state index is -0.513. The van der Waals surface area contributed by atoms with Crippen molar-refractivity contribution in [2.24, 2.45) is 0 Å². The maximum Gasteiger partial charge on any atom is 0.202 e. The zero-order chi connectivity index (χ0) is 19.5. The SMILES string of the molecule is O=C(Cc1nc2ccccc2o1)C(Cc1ccc(F)cc1)c1ccc(F)cc1. The average molecular weight is 377 g/mol. The lowest BCUT2D eigenvalue weighted by Crippen LogP contribution is -2.18. The fourth-order valence-corrected chi connectivity index (χ4v) is 3.24. The Labute approximate surface area is 160 Å². The van der Waals surface area contributed by atoms with E-state index >= 15 is 0 Å². The van der Waals surface area contributed by atoms with Crippen LogP contribution in [0.4, 0.5) is 8.78 Å². The van der Waals surface area contributed by atoms with Crippen LogP contribution in [0.3, 0.4) is 0 Å². The molecule has 0 radical (unpaired) electrons. The molecule has 4 aromatic rings. The Kier molecular flexibility index (Phi) is 4.98. The van der Waals surface area contributed by atoms with Gasteiger partial charge in [0, 0.05) is 5.92 Å². The Morgan fingerprint density at radius 2 is 1.54 bits per heavy atom. The number of benzene rings is 3. The Bertz CT molecular complexity index is 1070. The van der Waals surface area contributed by atoms with Crippen molar-refractivity contribution < 1.29 is 18.0 Å². The summed E-state index contributed by atoms with van der Waals surface area (Å²) in [6.07, 6.45) is 0.406. The Balaban J connectivity index is 1.62. The van der Waals surface area contributed by atoms with Gasteiger partial charge in [0.2, 0.25) is 5.89 Å². The fraction of sp³-hybridized carbons (Fsp3) is 0.130. The highest BCUT2D eigenvalue weighted by molar-refractivity contribution is 5.87. The van der Waals surface area contributed by atoms with E-state index in [9.17, 15) is 13.6 Å². The van der Waals surface area contributed by atoms with E-state index in [-0.39, 0.29) is 23.8 Å². The van der Waals surface area contributed by atoms with Gasteiger partial charge in [-0.3, -0.25) is 4.79 Å². The third kappa shape index (κ3) is 3.98. The van der Waals surface area contributed by atoms with Gasteiger partial charge in [0.05, 0.1) is 6.42 Å². The van der Waals surface area contributed by atoms with Crippen molar-refractivity contribution in [2.75, 3.05) is 0 Å². The molecule has 0 aliphatic heterocycles. The largest absolute Gasteiger partial charge is 0.440 e. The van der Waals surface area contributed by atoms with Gasteiger partial charge in [-0.25, -0.2) is 13.8 Å². The van der Waals surface area contributed by atoms with Gasteiger partial charge in [0.15, 0.2) is 5.58 Å². The van der Waals surface area contributed by atoms with E-state index < -0.39 is 5.92 Å². The molecule has 28 heavy (non-hydrogen) atoms. The average Bonchev–Trinajstić information content (AvgIpc) is 3.10. The first-order valence-electron chi connectivity index (χ1n) is 8.95. The zero-order valence-corrected chi connectivity index (χ0v) is 14.9. The summed E-state index contributed by atoms with van der Waals surface area (Å²) < 4.78 is 32.2. The number of aromatic nitrogens is 1. The van der Waals surface area contributed by atoms with Crippen LogP contribution in [0.1, 0.15) is 22.9 Å². The zero-order valence-electron chi connectivity index (χ0n) is 14.9. The minimum absolute atomic E-state index is 0.0257. The van der Waals surface area contributed by atoms with Crippen molar-refractivity contribution in [3.63, 3.8) is 0 Å². The van der Waals surface area contributed by atoms with E-state index in [0.29, 0.717) is 29.0 Å². The number of para-hydroxylation sites is 2. The smallest absolute Gasteiger partial charge is 0.202 e. The maximum atomic E-state index is 13.3. The van der Waals surface area contributed by atoms with Crippen molar-refractivity contribution in [1.82, 2.24) is 4.98 Å². The van der Waals surface area contributed by atoms with Crippen LogP contribution in [-0.2, 0) is 17.6 Å². The molecule has 0 bridgehead atoms. The molecule has 0 aliphatic rings. The fourth-order valence-electron chi connectivity index (χ4n) is 3.24. The Morgan fingerprint density at radius 1 is 0.893 bits per heavy atom. The van der Waals surface area contributed by atoms with E-state index in [1.807, 2.05) is 18.2 Å². The summed E-state index contributed by atoms with van der Waals surface area (Å²) in [5, 5.41) is 0. The lowest BCUT2D eigenvalue weighted by molar-refractivity contribution is -0.120. The van der Waals surface area contributed by atoms with Crippen LogP contribution in [0.2, 0.25) is 0 Å². The van der Waals surface area contributed by atoms with Gasteiger partial charge >= 0.3 is 0 Å². The highest BCUT2D eigenvalue weighted by Gasteiger charge is 2.23. The van der Waals surface area contributed by atoms with Gasteiger partial charge < -0.3 is 4.42 Å². The van der Waals surface area contributed by atoms with Crippen molar-refractivity contribution in [1.29, 1.82) is 0 Å². The predicted molar refractivity (Wildman–Crippen MR) is 102 cm³/mol. The third-order valence-corrected chi connectivity index (χ3v) is 4.68. The second-order valence-corrected chi connectivity index (χ2v) is 6.65. The topological polar surface area (TPSA) is 43.1 Å². The van der Waals surface area contributed by atoms with E-state index in [2.05, 4.69) is 4.98 Å². The predicted octanol–water partition coefficient (Wildman–Crippen LogP) is 5.24. The van der Waals surface area contributed by atoms with E-state index in [1.54, 1.807) is 30.3 Å². The van der Waals surface area contributed by atoms with Gasteiger partial charge in [-0.05, 0) is 53.9 Å². The lowest BCUT2D eigenvalue weighted by Gasteiger charge is -2.16. The Morgan fingerprint density at radius 3 is 2.21 bits per heavy atom. The molecule has 3 aromatic carbocycles. The number of ketones is 1. The first-order chi connectivity index (χ1) is 13.6. The molecule has 0 spiro atoms. The van der Waals surface area contributed by atoms with E-state index in [1.165, 1.54) is 24.3 Å². The van der Waals surface area contributed by atoms with Crippen molar-refractivity contribution in [2.45, 2.75) is 18.8 Å².